The van der Waals surface area contributed by atoms with Gasteiger partial charge in [0.1, 0.15) is 0 Å². The average Bonchev–Trinajstić information content (AvgIpc) is 2.63. The normalized spacial score (nSPS) is 14.7. The lowest BCUT2D eigenvalue weighted by molar-refractivity contribution is -0.114. The molecule has 3 rings (SSSR count). The van der Waals surface area contributed by atoms with Crippen LogP contribution in [0.15, 0.2) is 42.5 Å². The fraction of sp³-hybridized carbons (Fsp3) is 0.333. The summed E-state index contributed by atoms with van der Waals surface area (Å²) in [5.74, 6) is 0.356. The zero-order valence-corrected chi connectivity index (χ0v) is 16.3. The first-order chi connectivity index (χ1) is 12.9. The number of hydrogen-bond donors (Lipinski definition) is 2. The number of nitrogens with zero attached hydrogens (tertiary/aromatic N) is 1. The van der Waals surface area contributed by atoms with Crippen molar-refractivity contribution in [3.8, 4) is 0 Å². The molecule has 0 atom stereocenters. The van der Waals surface area contributed by atoms with E-state index in [2.05, 4.69) is 22.5 Å². The number of hydrogen-bond acceptors (Lipinski definition) is 3. The Balaban J connectivity index is 1.88. The highest BCUT2D eigenvalue weighted by molar-refractivity contribution is 6.30. The van der Waals surface area contributed by atoms with Crippen molar-refractivity contribution in [2.24, 2.45) is 5.92 Å². The molecule has 142 valence electrons. The molecular weight excluding hydrogens is 362 g/mol. The molecule has 0 unspecified atom stereocenters. The van der Waals surface area contributed by atoms with E-state index >= 15 is 0 Å². The fourth-order valence-electron chi connectivity index (χ4n) is 3.24. The third kappa shape index (κ3) is 5.01. The largest absolute Gasteiger partial charge is 0.370 e. The van der Waals surface area contributed by atoms with Gasteiger partial charge in [0.25, 0.3) is 5.91 Å². The number of carbonyl (C=O) groups excluding carboxylic acids is 2. The zero-order valence-electron chi connectivity index (χ0n) is 15.6. The van der Waals surface area contributed by atoms with Crippen LogP contribution in [0.2, 0.25) is 5.02 Å². The van der Waals surface area contributed by atoms with E-state index in [0.717, 1.165) is 31.6 Å². The monoisotopic (exact) mass is 385 g/mol. The first kappa shape index (κ1) is 19.2. The van der Waals surface area contributed by atoms with Gasteiger partial charge < -0.3 is 15.5 Å². The van der Waals surface area contributed by atoms with E-state index in [1.165, 1.54) is 6.92 Å². The van der Waals surface area contributed by atoms with E-state index in [9.17, 15) is 9.59 Å². The van der Waals surface area contributed by atoms with Crippen molar-refractivity contribution in [3.63, 3.8) is 0 Å². The van der Waals surface area contributed by atoms with Crippen molar-refractivity contribution in [1.29, 1.82) is 0 Å². The second-order valence-corrected chi connectivity index (χ2v) is 7.48. The van der Waals surface area contributed by atoms with Crippen LogP contribution < -0.4 is 15.5 Å². The maximum absolute atomic E-state index is 12.7. The molecule has 0 bridgehead atoms. The number of amides is 2. The van der Waals surface area contributed by atoms with E-state index in [0.29, 0.717) is 27.9 Å². The van der Waals surface area contributed by atoms with Gasteiger partial charge in [-0.25, -0.2) is 0 Å². The Hall–Kier alpha value is -2.53. The minimum atomic E-state index is -0.210. The maximum atomic E-state index is 12.7. The zero-order chi connectivity index (χ0) is 19.4. The van der Waals surface area contributed by atoms with Crippen molar-refractivity contribution in [2.75, 3.05) is 28.6 Å². The summed E-state index contributed by atoms with van der Waals surface area (Å²) in [4.78, 5) is 26.4. The fourth-order valence-corrected chi connectivity index (χ4v) is 3.36. The van der Waals surface area contributed by atoms with Gasteiger partial charge in [-0.15, -0.1) is 0 Å². The minimum absolute atomic E-state index is 0.149. The molecule has 2 amide bonds. The Morgan fingerprint density at radius 3 is 2.33 bits per heavy atom. The van der Waals surface area contributed by atoms with Gasteiger partial charge >= 0.3 is 0 Å². The maximum Gasteiger partial charge on any atom is 0.255 e. The van der Waals surface area contributed by atoms with Crippen molar-refractivity contribution in [2.45, 2.75) is 26.7 Å². The van der Waals surface area contributed by atoms with Crippen LogP contribution in [0.4, 0.5) is 17.1 Å². The second kappa shape index (κ2) is 8.44. The van der Waals surface area contributed by atoms with Crippen LogP contribution in [0.1, 0.15) is 37.0 Å². The molecule has 0 radical (unpaired) electrons. The Labute approximate surface area is 164 Å². The molecule has 2 aromatic carbocycles. The molecule has 0 aromatic heterocycles. The Morgan fingerprint density at radius 1 is 1.04 bits per heavy atom. The molecule has 0 saturated carbocycles. The number of anilines is 3. The Kier molecular flexibility index (Phi) is 6.01. The lowest BCUT2D eigenvalue weighted by Crippen LogP contribution is -2.33. The van der Waals surface area contributed by atoms with Crippen molar-refractivity contribution in [1.82, 2.24) is 0 Å². The van der Waals surface area contributed by atoms with Crippen molar-refractivity contribution in [3.05, 3.63) is 53.1 Å². The summed E-state index contributed by atoms with van der Waals surface area (Å²) in [5.41, 5.74) is 2.85. The van der Waals surface area contributed by atoms with Gasteiger partial charge in [-0.3, -0.25) is 9.59 Å². The van der Waals surface area contributed by atoms with E-state index in [4.69, 9.17) is 11.6 Å². The summed E-state index contributed by atoms with van der Waals surface area (Å²) in [6, 6.07) is 12.4. The van der Waals surface area contributed by atoms with Gasteiger partial charge in [-0.1, -0.05) is 18.5 Å². The number of nitrogens with one attached hydrogen (secondary N) is 2. The number of benzene rings is 2. The minimum Gasteiger partial charge on any atom is -0.370 e. The highest BCUT2D eigenvalue weighted by atomic mass is 35.5. The van der Waals surface area contributed by atoms with Crippen molar-refractivity contribution >= 4 is 40.5 Å². The van der Waals surface area contributed by atoms with Gasteiger partial charge in [0.2, 0.25) is 5.91 Å². The van der Waals surface area contributed by atoms with Gasteiger partial charge in [-0.05, 0) is 61.2 Å². The quantitative estimate of drug-likeness (QED) is 0.795. The lowest BCUT2D eigenvalue weighted by Gasteiger charge is -2.33. The molecule has 5 nitrogen and oxygen atoms in total. The molecule has 0 spiro atoms. The van der Waals surface area contributed by atoms with Gasteiger partial charge in [0, 0.05) is 36.3 Å². The molecule has 1 aliphatic heterocycles. The average molecular weight is 386 g/mol. The van der Waals surface area contributed by atoms with E-state index in [1.54, 1.807) is 24.3 Å². The third-order valence-electron chi connectivity index (χ3n) is 4.80. The van der Waals surface area contributed by atoms with Crippen LogP contribution in [0.25, 0.3) is 0 Å². The molecule has 2 N–H and O–H groups in total. The first-order valence-electron chi connectivity index (χ1n) is 9.16. The summed E-state index contributed by atoms with van der Waals surface area (Å²) >= 11 is 5.91. The van der Waals surface area contributed by atoms with Crippen LogP contribution in [-0.4, -0.2) is 24.9 Å². The predicted octanol–water partition coefficient (Wildman–Crippen LogP) is 4.79. The summed E-state index contributed by atoms with van der Waals surface area (Å²) in [7, 11) is 0. The first-order valence-corrected chi connectivity index (χ1v) is 9.53. The topological polar surface area (TPSA) is 61.4 Å². The lowest BCUT2D eigenvalue weighted by atomic mass is 9.98. The SMILES string of the molecule is CC(=O)Nc1ccc(N2CCC(C)CC2)c(NC(=O)c2ccc(Cl)cc2)c1. The molecule has 1 saturated heterocycles. The number of piperidine rings is 1. The molecule has 1 aliphatic rings. The predicted molar refractivity (Wildman–Crippen MR) is 111 cm³/mol. The van der Waals surface area contributed by atoms with Crippen LogP contribution in [0.3, 0.4) is 0 Å². The van der Waals surface area contributed by atoms with Crippen LogP contribution in [0, 0.1) is 5.92 Å². The van der Waals surface area contributed by atoms with E-state index < -0.39 is 0 Å². The molecule has 2 aromatic rings. The van der Waals surface area contributed by atoms with Crippen molar-refractivity contribution < 1.29 is 9.59 Å². The molecular formula is C21H24ClN3O2. The standard InChI is InChI=1S/C21H24ClN3O2/c1-14-9-11-25(12-10-14)20-8-7-18(23-15(2)26)13-19(20)24-21(27)16-3-5-17(22)6-4-16/h3-8,13-14H,9-12H2,1-2H3,(H,23,26)(H,24,27). The Bertz CT molecular complexity index is 828. The summed E-state index contributed by atoms with van der Waals surface area (Å²) in [6.07, 6.45) is 2.25. The second-order valence-electron chi connectivity index (χ2n) is 7.04. The number of rotatable bonds is 4. The van der Waals surface area contributed by atoms with E-state index in [1.807, 2.05) is 18.2 Å². The van der Waals surface area contributed by atoms with E-state index in [-0.39, 0.29) is 11.8 Å². The number of carbonyl (C=O) groups is 2. The van der Waals surface area contributed by atoms with Crippen LogP contribution in [-0.2, 0) is 4.79 Å². The molecule has 0 aliphatic carbocycles. The summed E-state index contributed by atoms with van der Waals surface area (Å²) in [6.45, 7) is 5.63. The van der Waals surface area contributed by atoms with Gasteiger partial charge in [-0.2, -0.15) is 0 Å². The van der Waals surface area contributed by atoms with Crippen LogP contribution >= 0.6 is 11.6 Å². The smallest absolute Gasteiger partial charge is 0.255 e. The highest BCUT2D eigenvalue weighted by Gasteiger charge is 2.20. The molecule has 1 fully saturated rings. The third-order valence-corrected chi connectivity index (χ3v) is 5.05. The highest BCUT2D eigenvalue weighted by Crippen LogP contribution is 2.32. The summed E-state index contributed by atoms with van der Waals surface area (Å²) < 4.78 is 0. The van der Waals surface area contributed by atoms with Gasteiger partial charge in [0.05, 0.1) is 11.4 Å². The Morgan fingerprint density at radius 2 is 1.70 bits per heavy atom. The molecule has 6 heteroatoms. The summed E-state index contributed by atoms with van der Waals surface area (Å²) in [5, 5.41) is 6.36. The molecule has 1 heterocycles. The number of halogens is 1. The molecule has 27 heavy (non-hydrogen) atoms. The van der Waals surface area contributed by atoms with Crippen LogP contribution in [0.5, 0.6) is 0 Å². The van der Waals surface area contributed by atoms with Gasteiger partial charge in [0.15, 0.2) is 0 Å².